The van der Waals surface area contributed by atoms with Crippen molar-refractivity contribution in [1.29, 1.82) is 0 Å². The molecule has 3 aromatic rings. The fraction of sp³-hybridized carbons (Fsp3) is 0.267. The maximum Gasteiger partial charge on any atom is 0.347 e. The minimum Gasteiger partial charge on any atom is -0.315 e. The molecule has 0 saturated carbocycles. The molecule has 10 nitrogen and oxygen atoms in total. The lowest BCUT2D eigenvalue weighted by molar-refractivity contribution is -0.121. The fourth-order valence-corrected chi connectivity index (χ4v) is 5.69. The molecule has 44 heavy (non-hydrogen) atoms. The van der Waals surface area contributed by atoms with Gasteiger partial charge < -0.3 is 10.2 Å². The van der Waals surface area contributed by atoms with Crippen LogP contribution in [0.15, 0.2) is 71.8 Å². The first-order chi connectivity index (χ1) is 20.9. The molecule has 1 aliphatic rings. The second-order valence-corrected chi connectivity index (χ2v) is 12.2. The fourth-order valence-electron chi connectivity index (χ4n) is 4.86. The van der Waals surface area contributed by atoms with Crippen molar-refractivity contribution in [2.75, 3.05) is 16.8 Å². The number of halogens is 4. The van der Waals surface area contributed by atoms with Crippen LogP contribution in [0.3, 0.4) is 0 Å². The summed E-state index contributed by atoms with van der Waals surface area (Å²) in [5.41, 5.74) is 2.77. The number of carbonyl (C=O) groups is 3. The van der Waals surface area contributed by atoms with E-state index < -0.39 is 23.8 Å². The summed E-state index contributed by atoms with van der Waals surface area (Å²) < 4.78 is 0. The summed E-state index contributed by atoms with van der Waals surface area (Å²) in [6.45, 7) is 3.75. The Morgan fingerprint density at radius 2 is 1.66 bits per heavy atom. The summed E-state index contributed by atoms with van der Waals surface area (Å²) >= 11 is 24.3. The highest BCUT2D eigenvalue weighted by Gasteiger charge is 2.55. The molecule has 1 aliphatic heterocycles. The number of nitrogens with zero attached hydrogens (tertiary/aromatic N) is 4. The minimum absolute atomic E-state index is 0.156. The smallest absolute Gasteiger partial charge is 0.315 e. The molecule has 3 aromatic carbocycles. The molecular formula is C30H30Cl4N6O4. The highest BCUT2D eigenvalue weighted by atomic mass is 35.5. The molecule has 1 atom stereocenters. The molecule has 1 heterocycles. The Bertz CT molecular complexity index is 1570. The number of hydrogen-bond donors (Lipinski definition) is 3. The third-order valence-electron chi connectivity index (χ3n) is 7.00. The molecule has 0 aromatic heterocycles. The molecule has 1 fully saturated rings. The molecule has 0 aliphatic carbocycles. The summed E-state index contributed by atoms with van der Waals surface area (Å²) in [6.07, 6.45) is 1.36. The first kappa shape index (κ1) is 33.4. The predicted octanol–water partition coefficient (Wildman–Crippen LogP) is 7.89. The van der Waals surface area contributed by atoms with Crippen LogP contribution < -0.4 is 15.6 Å². The Morgan fingerprint density at radius 1 is 0.977 bits per heavy atom. The summed E-state index contributed by atoms with van der Waals surface area (Å²) in [4.78, 5) is 42.2. The highest BCUT2D eigenvalue weighted by molar-refractivity contribution is 6.36. The number of carbonyl (C=O) groups excluding carboxylic acids is 3. The van der Waals surface area contributed by atoms with Crippen molar-refractivity contribution >= 4 is 82.0 Å². The summed E-state index contributed by atoms with van der Waals surface area (Å²) in [5.74, 6) is -0.309. The number of anilines is 2. The number of benzene rings is 3. The predicted molar refractivity (Wildman–Crippen MR) is 174 cm³/mol. The van der Waals surface area contributed by atoms with Crippen LogP contribution in [0.2, 0.25) is 20.1 Å². The average Bonchev–Trinajstić information content (AvgIpc) is 3.16. The lowest BCUT2D eigenvalue weighted by atomic mass is 9.99. The van der Waals surface area contributed by atoms with Crippen molar-refractivity contribution in [2.45, 2.75) is 44.8 Å². The molecule has 4 rings (SSSR count). The van der Waals surface area contributed by atoms with Crippen molar-refractivity contribution in [3.63, 3.8) is 0 Å². The quantitative estimate of drug-likeness (QED) is 0.0874. The van der Waals surface area contributed by atoms with Crippen LogP contribution >= 0.6 is 46.4 Å². The molecule has 0 spiro atoms. The van der Waals surface area contributed by atoms with E-state index in [1.807, 2.05) is 0 Å². The number of unbranched alkanes of at least 4 members (excludes halogenated alkanes) is 1. The van der Waals surface area contributed by atoms with Gasteiger partial charge in [-0.2, -0.15) is 10.2 Å². The lowest BCUT2D eigenvalue weighted by Crippen LogP contribution is -2.58. The van der Waals surface area contributed by atoms with Crippen molar-refractivity contribution in [3.05, 3.63) is 92.4 Å². The molecule has 0 unspecified atom stereocenters. The average molecular weight is 680 g/mol. The van der Waals surface area contributed by atoms with Gasteiger partial charge in [0.2, 0.25) is 5.91 Å². The third-order valence-corrected chi connectivity index (χ3v) is 8.03. The largest absolute Gasteiger partial charge is 0.347 e. The maximum absolute atomic E-state index is 13.8. The summed E-state index contributed by atoms with van der Waals surface area (Å²) in [5, 5.41) is 19.9. The van der Waals surface area contributed by atoms with Gasteiger partial charge in [-0.1, -0.05) is 64.6 Å². The van der Waals surface area contributed by atoms with Crippen LogP contribution in [0.1, 0.15) is 38.7 Å². The molecular weight excluding hydrogens is 650 g/mol. The van der Waals surface area contributed by atoms with E-state index in [-0.39, 0.29) is 18.9 Å². The Morgan fingerprint density at radius 3 is 2.34 bits per heavy atom. The molecule has 3 N–H and O–H groups in total. The summed E-state index contributed by atoms with van der Waals surface area (Å²) in [7, 11) is 0. The Balaban J connectivity index is 1.43. The molecule has 232 valence electrons. The zero-order chi connectivity index (χ0) is 32.0. The molecule has 14 heteroatoms. The molecule has 0 radical (unpaired) electrons. The first-order valence-electron chi connectivity index (χ1n) is 13.6. The van der Waals surface area contributed by atoms with Crippen LogP contribution in [0.25, 0.3) is 0 Å². The number of hydroxylamine groups is 2. The third kappa shape index (κ3) is 7.94. The van der Waals surface area contributed by atoms with Crippen molar-refractivity contribution < 1.29 is 19.6 Å². The monoisotopic (exact) mass is 678 g/mol. The Hall–Kier alpha value is -3.54. The Labute approximate surface area is 275 Å². The zero-order valence-corrected chi connectivity index (χ0v) is 26.8. The number of hydrazone groups is 1. The molecule has 0 bridgehead atoms. The maximum atomic E-state index is 13.8. The van der Waals surface area contributed by atoms with Gasteiger partial charge in [-0.25, -0.2) is 15.0 Å². The topological polar surface area (TPSA) is 118 Å². The van der Waals surface area contributed by atoms with Crippen LogP contribution in [-0.4, -0.2) is 57.6 Å². The van der Waals surface area contributed by atoms with Gasteiger partial charge in [-0.15, -0.1) is 0 Å². The van der Waals surface area contributed by atoms with Gasteiger partial charge in [-0.05, 0) is 75.2 Å². The lowest BCUT2D eigenvalue weighted by Gasteiger charge is -2.38. The molecule has 5 amide bonds. The van der Waals surface area contributed by atoms with E-state index in [0.717, 1.165) is 0 Å². The highest BCUT2D eigenvalue weighted by Crippen LogP contribution is 2.39. The molecule has 1 saturated heterocycles. The van der Waals surface area contributed by atoms with Crippen LogP contribution in [0, 0.1) is 0 Å². The van der Waals surface area contributed by atoms with Gasteiger partial charge in [0.15, 0.2) is 6.17 Å². The van der Waals surface area contributed by atoms with Crippen molar-refractivity contribution in [1.82, 2.24) is 15.4 Å². The minimum atomic E-state index is -1.13. The van der Waals surface area contributed by atoms with Gasteiger partial charge >= 0.3 is 12.1 Å². The van der Waals surface area contributed by atoms with Crippen molar-refractivity contribution in [2.24, 2.45) is 5.10 Å². The zero-order valence-electron chi connectivity index (χ0n) is 23.8. The number of amides is 5. The number of nitrogens with one attached hydrogen (secondary N) is 2. The number of rotatable bonds is 10. The van der Waals surface area contributed by atoms with Gasteiger partial charge in [-0.3, -0.25) is 14.9 Å². The van der Waals surface area contributed by atoms with Crippen molar-refractivity contribution in [3.8, 4) is 0 Å². The van der Waals surface area contributed by atoms with E-state index >= 15 is 0 Å². The number of hydrogen-bond acceptors (Lipinski definition) is 5. The van der Waals surface area contributed by atoms with E-state index in [0.29, 0.717) is 54.9 Å². The second-order valence-electron chi connectivity index (χ2n) is 10.5. The van der Waals surface area contributed by atoms with Gasteiger partial charge in [0.25, 0.3) is 0 Å². The van der Waals surface area contributed by atoms with Gasteiger partial charge in [0.05, 0.1) is 16.8 Å². The van der Waals surface area contributed by atoms with Gasteiger partial charge in [0, 0.05) is 45.0 Å². The Kier molecular flexibility index (Phi) is 11.0. The van der Waals surface area contributed by atoms with Crippen LogP contribution in [0.4, 0.5) is 21.0 Å². The van der Waals surface area contributed by atoms with E-state index in [2.05, 4.69) is 15.8 Å². The summed E-state index contributed by atoms with van der Waals surface area (Å²) in [6, 6.07) is 16.7. The van der Waals surface area contributed by atoms with E-state index in [4.69, 9.17) is 46.4 Å². The van der Waals surface area contributed by atoms with E-state index in [1.165, 1.54) is 17.2 Å². The standard InChI is InChI=1S/C30H30Cl4N6O4/c1-30(2)27(40(44)28(42)36-23-9-5-7-20(31)15-23)39(24-10-6-8-21(32)16-24)29(43)38(30)14-4-3-11-26(41)37-35-18-19-12-13-22(33)17-25(19)34/h5-10,12-13,15-18,27,44H,3-4,11,14H2,1-2H3,(H,36,42)(H,37,41)/b35-18-/t27-/m0/s1. The van der Waals surface area contributed by atoms with E-state index in [1.54, 1.807) is 79.4 Å². The first-order valence-corrected chi connectivity index (χ1v) is 15.1. The van der Waals surface area contributed by atoms with E-state index in [9.17, 15) is 19.6 Å². The normalized spacial score (nSPS) is 16.0. The van der Waals surface area contributed by atoms with Crippen LogP contribution in [0.5, 0.6) is 0 Å². The SMILES string of the molecule is CC1(C)[C@H](N(O)C(=O)Nc2cccc(Cl)c2)N(c2cccc(Cl)c2)C(=O)N1CCCCC(=O)N/N=C\c1ccc(Cl)cc1Cl. The second kappa shape index (κ2) is 14.5. The van der Waals surface area contributed by atoms with Gasteiger partial charge in [0.1, 0.15) is 0 Å². The van der Waals surface area contributed by atoms with Crippen LogP contribution in [-0.2, 0) is 4.79 Å². The number of urea groups is 2.